The van der Waals surface area contributed by atoms with E-state index in [9.17, 15) is 8.42 Å². The van der Waals surface area contributed by atoms with Crippen LogP contribution in [0.4, 0.5) is 0 Å². The molecule has 114 valence electrons. The van der Waals surface area contributed by atoms with Crippen LogP contribution in [-0.2, 0) is 10.0 Å². The van der Waals surface area contributed by atoms with Crippen molar-refractivity contribution < 1.29 is 8.42 Å². The Balaban J connectivity index is 0.00000220. The third-order valence-corrected chi connectivity index (χ3v) is 4.15. The molecule has 0 radical (unpaired) electrons. The van der Waals surface area contributed by atoms with E-state index in [4.69, 9.17) is 11.5 Å². The Labute approximate surface area is 128 Å². The summed E-state index contributed by atoms with van der Waals surface area (Å²) in [6, 6.07) is 6.69. The van der Waals surface area contributed by atoms with Crippen LogP contribution < -0.4 is 16.2 Å². The van der Waals surface area contributed by atoms with E-state index in [1.54, 1.807) is 36.7 Å². The Kier molecular flexibility index (Phi) is 5.89. The van der Waals surface area contributed by atoms with Crippen molar-refractivity contribution in [3.8, 4) is 0 Å². The largest absolute Gasteiger partial charge is 0.370 e. The van der Waals surface area contributed by atoms with Crippen LogP contribution in [0.25, 0.3) is 10.8 Å². The summed E-state index contributed by atoms with van der Waals surface area (Å²) in [5.74, 6) is -0.0690. The van der Waals surface area contributed by atoms with Gasteiger partial charge in [-0.25, -0.2) is 13.1 Å². The minimum absolute atomic E-state index is 0. The minimum atomic E-state index is -3.61. The molecule has 0 bridgehead atoms. The van der Waals surface area contributed by atoms with Gasteiger partial charge in [0, 0.05) is 29.7 Å². The summed E-state index contributed by atoms with van der Waals surface area (Å²) < 4.78 is 27.0. The quantitative estimate of drug-likeness (QED) is 0.411. The van der Waals surface area contributed by atoms with Gasteiger partial charge in [-0.05, 0) is 12.1 Å². The predicted octanol–water partition coefficient (Wildman–Crippen LogP) is 0.208. The Bertz CT molecular complexity index is 739. The lowest BCUT2D eigenvalue weighted by Gasteiger charge is -2.08. The Morgan fingerprint density at radius 2 is 2.05 bits per heavy atom. The van der Waals surface area contributed by atoms with Gasteiger partial charge >= 0.3 is 0 Å². The van der Waals surface area contributed by atoms with E-state index >= 15 is 0 Å². The molecule has 0 unspecified atom stereocenters. The van der Waals surface area contributed by atoms with Gasteiger partial charge in [-0.2, -0.15) is 0 Å². The SMILES string of the molecule is Cl.NC(N)=NCCNS(=O)(=O)c1cccc2cnccc12. The number of fused-ring (bicyclic) bond motifs is 1. The zero-order chi connectivity index (χ0) is 14.6. The fraction of sp³-hybridized carbons (Fsp3) is 0.167. The lowest BCUT2D eigenvalue weighted by Crippen LogP contribution is -2.29. The van der Waals surface area contributed by atoms with Crippen LogP contribution in [-0.4, -0.2) is 32.5 Å². The molecule has 9 heteroatoms. The molecule has 0 aliphatic rings. The van der Waals surface area contributed by atoms with Gasteiger partial charge in [0.15, 0.2) is 5.96 Å². The van der Waals surface area contributed by atoms with Gasteiger partial charge in [-0.1, -0.05) is 12.1 Å². The lowest BCUT2D eigenvalue weighted by atomic mass is 10.2. The van der Waals surface area contributed by atoms with Crippen molar-refractivity contribution in [2.45, 2.75) is 4.90 Å². The van der Waals surface area contributed by atoms with Crippen molar-refractivity contribution in [3.05, 3.63) is 36.7 Å². The second-order valence-corrected chi connectivity index (χ2v) is 5.79. The monoisotopic (exact) mass is 329 g/mol. The molecular formula is C12H16ClN5O2S. The van der Waals surface area contributed by atoms with Crippen LogP contribution in [0, 0.1) is 0 Å². The average molecular weight is 330 g/mol. The molecule has 1 aromatic carbocycles. The van der Waals surface area contributed by atoms with Gasteiger partial charge < -0.3 is 11.5 Å². The zero-order valence-electron chi connectivity index (χ0n) is 11.1. The van der Waals surface area contributed by atoms with Crippen LogP contribution in [0.1, 0.15) is 0 Å². The topological polar surface area (TPSA) is 123 Å². The van der Waals surface area contributed by atoms with Gasteiger partial charge in [-0.3, -0.25) is 9.98 Å². The highest BCUT2D eigenvalue weighted by Gasteiger charge is 2.16. The highest BCUT2D eigenvalue weighted by molar-refractivity contribution is 7.89. The number of aromatic nitrogens is 1. The highest BCUT2D eigenvalue weighted by atomic mass is 35.5. The number of aliphatic imine (C=N–C) groups is 1. The lowest BCUT2D eigenvalue weighted by molar-refractivity contribution is 0.583. The minimum Gasteiger partial charge on any atom is -0.370 e. The summed E-state index contributed by atoms with van der Waals surface area (Å²) in [5.41, 5.74) is 10.3. The molecule has 2 aromatic rings. The predicted molar refractivity (Wildman–Crippen MR) is 84.9 cm³/mol. The Hall–Kier alpha value is -1.90. The number of benzene rings is 1. The third kappa shape index (κ3) is 4.28. The van der Waals surface area contributed by atoms with Crippen molar-refractivity contribution in [3.63, 3.8) is 0 Å². The number of sulfonamides is 1. The molecule has 1 aromatic heterocycles. The molecule has 7 nitrogen and oxygen atoms in total. The van der Waals surface area contributed by atoms with Crippen molar-refractivity contribution in [1.82, 2.24) is 9.71 Å². The molecule has 0 saturated heterocycles. The number of hydrogen-bond acceptors (Lipinski definition) is 4. The van der Waals surface area contributed by atoms with Crippen molar-refractivity contribution in [2.24, 2.45) is 16.5 Å². The third-order valence-electron chi connectivity index (χ3n) is 2.63. The number of halogens is 1. The summed E-state index contributed by atoms with van der Waals surface area (Å²) in [4.78, 5) is 7.90. The van der Waals surface area contributed by atoms with E-state index < -0.39 is 10.0 Å². The number of nitrogens with one attached hydrogen (secondary N) is 1. The summed E-state index contributed by atoms with van der Waals surface area (Å²) in [6.45, 7) is 0.315. The second kappa shape index (κ2) is 7.21. The maximum absolute atomic E-state index is 12.2. The Morgan fingerprint density at radius 3 is 2.76 bits per heavy atom. The first kappa shape index (κ1) is 17.2. The first-order valence-corrected chi connectivity index (χ1v) is 7.37. The highest BCUT2D eigenvalue weighted by Crippen LogP contribution is 2.21. The first-order chi connectivity index (χ1) is 9.50. The number of guanidine groups is 1. The standard InChI is InChI=1S/C12H15N5O2S.ClH/c13-12(14)16-6-7-17-20(18,19)11-3-1-2-9-8-15-5-4-10(9)11;/h1-5,8,17H,6-7H2,(H4,13,14,16);1H. The number of nitrogens with zero attached hydrogens (tertiary/aromatic N) is 2. The van der Waals surface area contributed by atoms with Gasteiger partial charge in [0.05, 0.1) is 11.4 Å². The van der Waals surface area contributed by atoms with Crippen molar-refractivity contribution in [1.29, 1.82) is 0 Å². The van der Waals surface area contributed by atoms with Crippen molar-refractivity contribution in [2.75, 3.05) is 13.1 Å². The number of hydrogen-bond donors (Lipinski definition) is 3. The van der Waals surface area contributed by atoms with E-state index in [0.29, 0.717) is 5.39 Å². The van der Waals surface area contributed by atoms with Crippen molar-refractivity contribution >= 4 is 39.2 Å². The fourth-order valence-electron chi connectivity index (χ4n) is 1.77. The normalized spacial score (nSPS) is 10.9. The molecule has 2 rings (SSSR count). The van der Waals surface area contributed by atoms with E-state index in [1.165, 1.54) is 0 Å². The molecular weight excluding hydrogens is 314 g/mol. The molecule has 21 heavy (non-hydrogen) atoms. The average Bonchev–Trinajstić information content (AvgIpc) is 2.43. The molecule has 0 atom stereocenters. The molecule has 0 fully saturated rings. The van der Waals surface area contributed by atoms with Gasteiger partial charge in [-0.15, -0.1) is 12.4 Å². The van der Waals surface area contributed by atoms with Gasteiger partial charge in [0.25, 0.3) is 0 Å². The summed E-state index contributed by atoms with van der Waals surface area (Å²) in [6.07, 6.45) is 3.18. The Morgan fingerprint density at radius 1 is 1.29 bits per heavy atom. The molecule has 0 aliphatic heterocycles. The molecule has 0 spiro atoms. The van der Waals surface area contributed by atoms with Crippen LogP contribution in [0.3, 0.4) is 0 Å². The molecule has 0 aliphatic carbocycles. The maximum Gasteiger partial charge on any atom is 0.241 e. The summed E-state index contributed by atoms with van der Waals surface area (Å²) in [7, 11) is -3.61. The smallest absolute Gasteiger partial charge is 0.241 e. The van der Waals surface area contributed by atoms with Crippen LogP contribution in [0.5, 0.6) is 0 Å². The maximum atomic E-state index is 12.2. The zero-order valence-corrected chi connectivity index (χ0v) is 12.7. The molecule has 1 heterocycles. The van der Waals surface area contributed by atoms with Crippen LogP contribution in [0.2, 0.25) is 0 Å². The molecule has 5 N–H and O–H groups in total. The van der Waals surface area contributed by atoms with Gasteiger partial charge in [0.1, 0.15) is 0 Å². The number of rotatable bonds is 5. The van der Waals surface area contributed by atoms with E-state index in [1.807, 2.05) is 0 Å². The number of nitrogens with two attached hydrogens (primary N) is 2. The molecule has 0 amide bonds. The number of pyridine rings is 1. The van der Waals surface area contributed by atoms with E-state index in [2.05, 4.69) is 14.7 Å². The fourth-order valence-corrected chi connectivity index (χ4v) is 3.02. The second-order valence-electron chi connectivity index (χ2n) is 4.06. The van der Waals surface area contributed by atoms with E-state index in [0.717, 1.165) is 5.39 Å². The summed E-state index contributed by atoms with van der Waals surface area (Å²) >= 11 is 0. The van der Waals surface area contributed by atoms with Crippen LogP contribution >= 0.6 is 12.4 Å². The van der Waals surface area contributed by atoms with E-state index in [-0.39, 0.29) is 36.4 Å². The summed E-state index contributed by atoms with van der Waals surface area (Å²) in [5, 5.41) is 1.39. The van der Waals surface area contributed by atoms with Crippen LogP contribution in [0.15, 0.2) is 46.5 Å². The van der Waals surface area contributed by atoms with Gasteiger partial charge in [0.2, 0.25) is 10.0 Å². The molecule has 0 saturated carbocycles. The first-order valence-electron chi connectivity index (χ1n) is 5.88.